The summed E-state index contributed by atoms with van der Waals surface area (Å²) in [7, 11) is 6.54. The number of nitrogens with one attached hydrogen (secondary N) is 2. The number of aliphatic imine (C=N–C) groups is 1. The molecule has 29 heavy (non-hydrogen) atoms. The van der Waals surface area contributed by atoms with Crippen LogP contribution in [0.2, 0.25) is 0 Å². The Morgan fingerprint density at radius 2 is 1.72 bits per heavy atom. The Kier molecular flexibility index (Phi) is 8.80. The molecule has 1 aliphatic rings. The SMILES string of the molecule is CN=C(NCc1cc(OC)c(OC)c(OC)c1)NCc1nnc2n1CCCC2.I. The van der Waals surface area contributed by atoms with Gasteiger partial charge in [0.2, 0.25) is 5.75 Å². The standard InChI is InChI=1S/C19H28N6O3.HI/c1-20-19(22-12-17-24-23-16-7-5-6-8-25(16)17)21-11-13-9-14(26-2)18(28-4)15(10-13)27-3;/h9-10H,5-8,11-12H2,1-4H3,(H2,20,21,22);1H. The average molecular weight is 516 g/mol. The van der Waals surface area contributed by atoms with Gasteiger partial charge in [0.1, 0.15) is 5.82 Å². The van der Waals surface area contributed by atoms with Crippen molar-refractivity contribution >= 4 is 29.9 Å². The van der Waals surface area contributed by atoms with Gasteiger partial charge in [-0.25, -0.2) is 0 Å². The predicted octanol–water partition coefficient (Wildman–Crippen LogP) is 2.12. The zero-order valence-electron chi connectivity index (χ0n) is 17.3. The van der Waals surface area contributed by atoms with Crippen LogP contribution in [-0.2, 0) is 26.1 Å². The van der Waals surface area contributed by atoms with Crippen LogP contribution in [-0.4, -0.2) is 49.1 Å². The largest absolute Gasteiger partial charge is 0.493 e. The lowest BCUT2D eigenvalue weighted by atomic mass is 10.1. The minimum absolute atomic E-state index is 0. The summed E-state index contributed by atoms with van der Waals surface area (Å²) in [6.07, 6.45) is 3.36. The average Bonchev–Trinajstić information content (AvgIpc) is 3.16. The number of nitrogens with zero attached hydrogens (tertiary/aromatic N) is 4. The lowest BCUT2D eigenvalue weighted by molar-refractivity contribution is 0.323. The Morgan fingerprint density at radius 3 is 2.34 bits per heavy atom. The monoisotopic (exact) mass is 516 g/mol. The first-order valence-electron chi connectivity index (χ1n) is 9.34. The maximum absolute atomic E-state index is 5.41. The van der Waals surface area contributed by atoms with E-state index in [0.29, 0.717) is 36.3 Å². The fourth-order valence-corrected chi connectivity index (χ4v) is 3.31. The molecule has 0 aliphatic carbocycles. The molecule has 2 aromatic rings. The summed E-state index contributed by atoms with van der Waals surface area (Å²) in [6, 6.07) is 3.83. The van der Waals surface area contributed by atoms with E-state index in [1.807, 2.05) is 12.1 Å². The molecular weight excluding hydrogens is 487 g/mol. The van der Waals surface area contributed by atoms with Crippen molar-refractivity contribution in [1.29, 1.82) is 0 Å². The fraction of sp³-hybridized carbons (Fsp3) is 0.526. The van der Waals surface area contributed by atoms with Gasteiger partial charge < -0.3 is 29.4 Å². The number of halogens is 1. The van der Waals surface area contributed by atoms with Gasteiger partial charge in [0, 0.05) is 26.6 Å². The van der Waals surface area contributed by atoms with Crippen LogP contribution < -0.4 is 24.8 Å². The highest BCUT2D eigenvalue weighted by Gasteiger charge is 2.16. The van der Waals surface area contributed by atoms with E-state index in [2.05, 4.69) is 30.4 Å². The second-order valence-corrected chi connectivity index (χ2v) is 6.45. The van der Waals surface area contributed by atoms with Gasteiger partial charge in [-0.15, -0.1) is 34.2 Å². The van der Waals surface area contributed by atoms with Crippen molar-refractivity contribution in [1.82, 2.24) is 25.4 Å². The van der Waals surface area contributed by atoms with Gasteiger partial charge in [0.25, 0.3) is 0 Å². The molecule has 1 aliphatic heterocycles. The van der Waals surface area contributed by atoms with Crippen molar-refractivity contribution in [2.45, 2.75) is 38.9 Å². The lowest BCUT2D eigenvalue weighted by Crippen LogP contribution is -2.37. The molecule has 0 bridgehead atoms. The molecule has 1 aromatic carbocycles. The molecule has 0 unspecified atom stereocenters. The molecule has 160 valence electrons. The molecule has 1 aromatic heterocycles. The number of hydrogen-bond acceptors (Lipinski definition) is 6. The van der Waals surface area contributed by atoms with Crippen LogP contribution in [0.4, 0.5) is 0 Å². The first kappa shape index (κ1) is 23.0. The number of aromatic nitrogens is 3. The zero-order valence-corrected chi connectivity index (χ0v) is 19.6. The first-order valence-corrected chi connectivity index (χ1v) is 9.34. The number of benzene rings is 1. The van der Waals surface area contributed by atoms with Gasteiger partial charge >= 0.3 is 0 Å². The van der Waals surface area contributed by atoms with Gasteiger partial charge in [0.05, 0.1) is 27.9 Å². The molecule has 0 fully saturated rings. The highest BCUT2D eigenvalue weighted by Crippen LogP contribution is 2.38. The Balaban J connectivity index is 0.00000300. The van der Waals surface area contributed by atoms with Crippen LogP contribution in [0.5, 0.6) is 17.2 Å². The first-order chi connectivity index (χ1) is 13.7. The van der Waals surface area contributed by atoms with Crippen molar-refractivity contribution in [2.75, 3.05) is 28.4 Å². The molecular formula is C19H29IN6O3. The summed E-state index contributed by atoms with van der Waals surface area (Å²) in [6.45, 7) is 2.10. The number of rotatable bonds is 7. The molecule has 0 saturated carbocycles. The van der Waals surface area contributed by atoms with Crippen molar-refractivity contribution < 1.29 is 14.2 Å². The minimum atomic E-state index is 0. The molecule has 2 N–H and O–H groups in total. The number of aryl methyl sites for hydroxylation is 1. The third kappa shape index (κ3) is 5.43. The number of methoxy groups -OCH3 is 3. The molecule has 3 rings (SSSR count). The van der Waals surface area contributed by atoms with Gasteiger partial charge in [-0.2, -0.15) is 0 Å². The summed E-state index contributed by atoms with van der Waals surface area (Å²) in [5.74, 6) is 4.51. The van der Waals surface area contributed by atoms with E-state index in [1.165, 1.54) is 12.8 Å². The summed E-state index contributed by atoms with van der Waals surface area (Å²) >= 11 is 0. The van der Waals surface area contributed by atoms with Crippen LogP contribution in [0.25, 0.3) is 0 Å². The second kappa shape index (κ2) is 11.1. The Labute approximate surface area is 188 Å². The van der Waals surface area contributed by atoms with Crippen molar-refractivity contribution in [3.63, 3.8) is 0 Å². The number of guanidine groups is 1. The fourth-order valence-electron chi connectivity index (χ4n) is 3.31. The van der Waals surface area contributed by atoms with Crippen molar-refractivity contribution in [3.8, 4) is 17.2 Å². The van der Waals surface area contributed by atoms with E-state index in [1.54, 1.807) is 28.4 Å². The maximum atomic E-state index is 5.41. The Morgan fingerprint density at radius 1 is 1.03 bits per heavy atom. The van der Waals surface area contributed by atoms with E-state index >= 15 is 0 Å². The lowest BCUT2D eigenvalue weighted by Gasteiger charge is -2.17. The molecule has 0 radical (unpaired) electrons. The summed E-state index contributed by atoms with van der Waals surface area (Å²) in [5, 5.41) is 15.2. The number of fused-ring (bicyclic) bond motifs is 1. The van der Waals surface area contributed by atoms with E-state index in [4.69, 9.17) is 14.2 Å². The van der Waals surface area contributed by atoms with E-state index < -0.39 is 0 Å². The van der Waals surface area contributed by atoms with Crippen LogP contribution >= 0.6 is 24.0 Å². The van der Waals surface area contributed by atoms with Crippen LogP contribution in [0.3, 0.4) is 0 Å². The van der Waals surface area contributed by atoms with Gasteiger partial charge in [-0.05, 0) is 30.5 Å². The van der Waals surface area contributed by atoms with Crippen LogP contribution in [0, 0.1) is 0 Å². The third-order valence-corrected chi connectivity index (χ3v) is 4.76. The van der Waals surface area contributed by atoms with Gasteiger partial charge in [0.15, 0.2) is 23.3 Å². The third-order valence-electron chi connectivity index (χ3n) is 4.76. The Hall–Kier alpha value is -2.24. The quantitative estimate of drug-likeness (QED) is 0.331. The molecule has 0 saturated heterocycles. The van der Waals surface area contributed by atoms with Gasteiger partial charge in [-0.1, -0.05) is 0 Å². The maximum Gasteiger partial charge on any atom is 0.203 e. The number of ether oxygens (including phenoxy) is 3. The van der Waals surface area contributed by atoms with Crippen molar-refractivity contribution in [3.05, 3.63) is 29.3 Å². The Bertz CT molecular complexity index is 814. The number of hydrogen-bond donors (Lipinski definition) is 2. The predicted molar refractivity (Wildman–Crippen MR) is 122 cm³/mol. The molecule has 0 spiro atoms. The molecule has 2 heterocycles. The van der Waals surface area contributed by atoms with E-state index in [-0.39, 0.29) is 24.0 Å². The molecule has 10 heteroatoms. The van der Waals surface area contributed by atoms with Crippen molar-refractivity contribution in [2.24, 2.45) is 4.99 Å². The van der Waals surface area contributed by atoms with E-state index in [9.17, 15) is 0 Å². The molecule has 9 nitrogen and oxygen atoms in total. The summed E-state index contributed by atoms with van der Waals surface area (Å²) in [4.78, 5) is 4.28. The van der Waals surface area contributed by atoms with Crippen LogP contribution in [0.15, 0.2) is 17.1 Å². The summed E-state index contributed by atoms with van der Waals surface area (Å²) in [5.41, 5.74) is 0.984. The van der Waals surface area contributed by atoms with Crippen LogP contribution in [0.1, 0.15) is 30.1 Å². The minimum Gasteiger partial charge on any atom is -0.493 e. The molecule has 0 atom stereocenters. The topological polar surface area (TPSA) is 94.8 Å². The molecule has 0 amide bonds. The smallest absolute Gasteiger partial charge is 0.203 e. The zero-order chi connectivity index (χ0) is 19.9. The van der Waals surface area contributed by atoms with Gasteiger partial charge in [-0.3, -0.25) is 4.99 Å². The second-order valence-electron chi connectivity index (χ2n) is 6.45. The normalized spacial score (nSPS) is 13.2. The van der Waals surface area contributed by atoms with E-state index in [0.717, 1.165) is 30.2 Å². The highest BCUT2D eigenvalue weighted by molar-refractivity contribution is 14.0. The summed E-state index contributed by atoms with van der Waals surface area (Å²) < 4.78 is 18.4. The highest BCUT2D eigenvalue weighted by atomic mass is 127.